The van der Waals surface area contributed by atoms with Crippen LogP contribution in [0.4, 0.5) is 0 Å². The van der Waals surface area contributed by atoms with E-state index in [2.05, 4.69) is 155 Å². The maximum Gasteiger partial charge on any atom is 0.175 e. The quantitative estimate of drug-likeness (QED) is 0.0352. The maximum atomic E-state index is 7.12. The Bertz CT molecular complexity index is 2150. The van der Waals surface area contributed by atoms with E-state index < -0.39 is 66.5 Å². The Balaban J connectivity index is 1.15. The van der Waals surface area contributed by atoms with Gasteiger partial charge in [-0.15, -0.1) is 0 Å². The Hall–Kier alpha value is -0.705. The first-order valence-electron chi connectivity index (χ1n) is 32.8. The molecule has 488 valence electrons. The van der Waals surface area contributed by atoms with Crippen molar-refractivity contribution in [2.75, 3.05) is 92.5 Å². The molecule has 0 spiro atoms. The fourth-order valence-electron chi connectivity index (χ4n) is 11.7. The van der Waals surface area contributed by atoms with Crippen molar-refractivity contribution in [3.05, 3.63) is 58.7 Å². The van der Waals surface area contributed by atoms with Crippen LogP contribution in [0.25, 0.3) is 0 Å². The van der Waals surface area contributed by atoms with Crippen LogP contribution < -0.4 is 9.47 Å². The molecule has 6 rings (SSSR count). The second kappa shape index (κ2) is 32.7. The summed E-state index contributed by atoms with van der Waals surface area (Å²) >= 11 is 0. The predicted molar refractivity (Wildman–Crippen MR) is 367 cm³/mol. The van der Waals surface area contributed by atoms with Gasteiger partial charge < -0.3 is 63.8 Å². The van der Waals surface area contributed by atoms with Crippen LogP contribution in [-0.2, 0) is 72.6 Å². The summed E-state index contributed by atoms with van der Waals surface area (Å²) in [6.45, 7) is 53.1. The summed E-state index contributed by atoms with van der Waals surface area (Å²) in [5, 5.41) is 0. The summed E-state index contributed by atoms with van der Waals surface area (Å²) in [5.74, 6) is 2.00. The highest BCUT2D eigenvalue weighted by Gasteiger charge is 2.38. The van der Waals surface area contributed by atoms with E-state index in [4.69, 9.17) is 63.8 Å². The van der Waals surface area contributed by atoms with Gasteiger partial charge in [0.2, 0.25) is 0 Å². The number of aryl methyl sites for hydroxylation is 2. The SMILES string of the molecule is CC(C)(c1ccc(OCCC[Si](C)(C)O[Si](C)(C)CCOCC2CO2)c(CCC[Si](C)(C)O[Si](C)(C)CCOCC2CO2)c1)c1ccc(OCCC[Si](C)(C)O[Si](C)(C)CCOCC2CO2)c(CCC[Si](C)(C)O[Si](C)(C)CCOCC2CO2)c1. The lowest BCUT2D eigenvalue weighted by Gasteiger charge is -2.34. The van der Waals surface area contributed by atoms with Gasteiger partial charge in [0.1, 0.15) is 35.9 Å². The van der Waals surface area contributed by atoms with Gasteiger partial charge in [-0.1, -0.05) is 38.1 Å². The molecule has 4 aliphatic heterocycles. The standard InChI is InChI=1S/C63H120O14Si8/c1-63(2,55-25-27-61(68-29-21-37-80(7,8)76-84(15,16)41-33-66-47-59-51-72-59)53(43-55)23-19-35-78(3,4)74-82(11,12)39-31-64-45-57-49-70-57)56-26-28-62(69-30-22-38-81(9,10)77-85(17,18)42-34-67-48-60-52-73-60)54(44-56)24-20-36-79(5,6)75-83(13,14)40-32-65-46-58-50-71-58/h25-28,43-44,57-60H,19-24,29-42,45-52H2,1-18H3. The zero-order valence-corrected chi connectivity index (χ0v) is 64.8. The minimum Gasteiger partial charge on any atom is -0.493 e. The lowest BCUT2D eigenvalue weighted by Crippen LogP contribution is -2.45. The van der Waals surface area contributed by atoms with Gasteiger partial charge in [0, 0.05) is 31.8 Å². The molecule has 4 saturated heterocycles. The molecular formula is C63H120O14Si8. The molecule has 0 amide bonds. The van der Waals surface area contributed by atoms with Gasteiger partial charge in [0.05, 0.1) is 66.1 Å². The van der Waals surface area contributed by atoms with Crippen molar-refractivity contribution in [3.63, 3.8) is 0 Å². The first-order chi connectivity index (χ1) is 39.7. The topological polar surface area (TPSA) is 142 Å². The van der Waals surface area contributed by atoms with Gasteiger partial charge in [-0.2, -0.15) is 0 Å². The zero-order valence-electron chi connectivity index (χ0n) is 56.8. The van der Waals surface area contributed by atoms with E-state index in [9.17, 15) is 0 Å². The molecule has 0 radical (unpaired) electrons. The van der Waals surface area contributed by atoms with Crippen LogP contribution in [0.5, 0.6) is 11.5 Å². The molecule has 0 saturated carbocycles. The molecule has 22 heteroatoms. The number of ether oxygens (including phenoxy) is 10. The lowest BCUT2D eigenvalue weighted by atomic mass is 9.76. The molecule has 0 aliphatic carbocycles. The van der Waals surface area contributed by atoms with Crippen LogP contribution in [0.3, 0.4) is 0 Å². The Morgan fingerprint density at radius 3 is 0.859 bits per heavy atom. The molecule has 2 aromatic rings. The lowest BCUT2D eigenvalue weighted by molar-refractivity contribution is 0.126. The monoisotopic (exact) mass is 1320 g/mol. The average molecular weight is 1330 g/mol. The van der Waals surface area contributed by atoms with Crippen molar-refractivity contribution < 1.29 is 63.8 Å². The highest BCUT2D eigenvalue weighted by Crippen LogP contribution is 2.39. The molecule has 0 N–H and O–H groups in total. The van der Waals surface area contributed by atoms with Crippen molar-refractivity contribution in [2.24, 2.45) is 0 Å². The van der Waals surface area contributed by atoms with Crippen LogP contribution in [0.2, 0.25) is 153 Å². The van der Waals surface area contributed by atoms with Gasteiger partial charge in [-0.05, 0) is 226 Å². The summed E-state index contributed by atoms with van der Waals surface area (Å²) in [4.78, 5) is 0. The third-order valence-electron chi connectivity index (χ3n) is 16.8. The molecule has 0 bridgehead atoms. The highest BCUT2D eigenvalue weighted by molar-refractivity contribution is 6.86. The number of benzene rings is 2. The maximum absolute atomic E-state index is 7.12. The third kappa shape index (κ3) is 30.1. The first-order valence-corrected chi connectivity index (χ1v) is 57.7. The second-order valence-corrected chi connectivity index (χ2v) is 65.9. The summed E-state index contributed by atoms with van der Waals surface area (Å²) in [5.41, 5.74) is 4.85. The van der Waals surface area contributed by atoms with Gasteiger partial charge in [-0.3, -0.25) is 0 Å². The largest absolute Gasteiger partial charge is 0.493 e. The molecule has 0 aromatic heterocycles. The molecule has 4 heterocycles. The number of rotatable bonds is 48. The van der Waals surface area contributed by atoms with E-state index >= 15 is 0 Å². The van der Waals surface area contributed by atoms with E-state index in [0.717, 1.165) is 151 Å². The molecule has 4 aliphatic rings. The van der Waals surface area contributed by atoms with E-state index in [-0.39, 0.29) is 5.41 Å². The van der Waals surface area contributed by atoms with E-state index in [1.807, 2.05) is 0 Å². The zero-order chi connectivity index (χ0) is 62.2. The first kappa shape index (κ1) is 73.3. The second-order valence-electron chi connectivity index (χ2n) is 30.5. The van der Waals surface area contributed by atoms with Gasteiger partial charge >= 0.3 is 0 Å². The molecule has 2 aromatic carbocycles. The fraction of sp³-hybridized carbons (Fsp3) is 0.810. The van der Waals surface area contributed by atoms with Crippen LogP contribution in [0.15, 0.2) is 36.4 Å². The molecule has 85 heavy (non-hydrogen) atoms. The van der Waals surface area contributed by atoms with Crippen molar-refractivity contribution >= 4 is 66.5 Å². The third-order valence-corrected chi connectivity index (χ3v) is 46.4. The predicted octanol–water partition coefficient (Wildman–Crippen LogP) is 14.8. The van der Waals surface area contributed by atoms with E-state index in [0.29, 0.717) is 64.1 Å². The minimum atomic E-state index is -1.98. The minimum absolute atomic E-state index is 0.289. The Labute approximate surface area is 525 Å². The number of epoxide rings is 4. The summed E-state index contributed by atoms with van der Waals surface area (Å²) in [6, 6.07) is 22.4. The summed E-state index contributed by atoms with van der Waals surface area (Å²) in [7, 11) is -15.4. The van der Waals surface area contributed by atoms with Crippen molar-refractivity contribution in [1.29, 1.82) is 0 Å². The van der Waals surface area contributed by atoms with Crippen LogP contribution in [0.1, 0.15) is 61.8 Å². The number of hydrogen-bond acceptors (Lipinski definition) is 14. The van der Waals surface area contributed by atoms with E-state index in [1.165, 1.54) is 22.3 Å². The molecule has 14 nitrogen and oxygen atoms in total. The van der Waals surface area contributed by atoms with Crippen LogP contribution in [0, 0.1) is 0 Å². The number of hydrogen-bond donors (Lipinski definition) is 0. The normalized spacial score (nSPS) is 19.6. The van der Waals surface area contributed by atoms with Crippen LogP contribution >= 0.6 is 0 Å². The van der Waals surface area contributed by atoms with Crippen molar-refractivity contribution in [1.82, 2.24) is 0 Å². The molecular weight excluding hydrogens is 1210 g/mol. The molecule has 4 atom stereocenters. The fourth-order valence-corrected chi connectivity index (χ4v) is 45.5. The van der Waals surface area contributed by atoms with E-state index in [1.54, 1.807) is 0 Å². The average Bonchev–Trinajstić information content (AvgIpc) is 2.29. The summed E-state index contributed by atoms with van der Waals surface area (Å²) in [6.07, 6.45) is 7.06. The van der Waals surface area contributed by atoms with Gasteiger partial charge in [0.15, 0.2) is 66.5 Å². The highest BCUT2D eigenvalue weighted by atomic mass is 28.4. The Kier molecular flexibility index (Phi) is 28.2. The smallest absolute Gasteiger partial charge is 0.175 e. The van der Waals surface area contributed by atoms with Gasteiger partial charge in [0.25, 0.3) is 0 Å². The molecule has 4 fully saturated rings. The van der Waals surface area contributed by atoms with Gasteiger partial charge in [-0.25, -0.2) is 0 Å². The Morgan fingerprint density at radius 2 is 0.600 bits per heavy atom. The van der Waals surface area contributed by atoms with Crippen LogP contribution in [-0.4, -0.2) is 183 Å². The Morgan fingerprint density at radius 1 is 0.353 bits per heavy atom. The summed E-state index contributed by atoms with van der Waals surface area (Å²) < 4.78 is 87.1. The van der Waals surface area contributed by atoms with Crippen molar-refractivity contribution in [2.45, 2.75) is 235 Å². The van der Waals surface area contributed by atoms with Crippen molar-refractivity contribution in [3.8, 4) is 11.5 Å². The molecule has 4 unspecified atom stereocenters.